The summed E-state index contributed by atoms with van der Waals surface area (Å²) >= 11 is 5.95. The summed E-state index contributed by atoms with van der Waals surface area (Å²) in [5, 5.41) is 18.2. The van der Waals surface area contributed by atoms with E-state index in [0.29, 0.717) is 29.2 Å². The number of halogens is 1. The number of carboxylic acids is 1. The fourth-order valence-electron chi connectivity index (χ4n) is 2.82. The Morgan fingerprint density at radius 1 is 1.32 bits per heavy atom. The second-order valence-corrected chi connectivity index (χ2v) is 6.69. The average molecular weight is 399 g/mol. The first kappa shape index (κ1) is 19.4. The maximum absolute atomic E-state index is 12.6. The number of aromatic carboxylic acids is 1. The van der Waals surface area contributed by atoms with Crippen LogP contribution in [-0.4, -0.2) is 29.4 Å². The van der Waals surface area contributed by atoms with Crippen molar-refractivity contribution < 1.29 is 14.7 Å². The number of aryl methyl sites for hydroxylation is 1. The van der Waals surface area contributed by atoms with Gasteiger partial charge in [-0.2, -0.15) is 5.01 Å². The lowest BCUT2D eigenvalue weighted by atomic mass is 10.1. The molecule has 0 unspecified atom stereocenters. The Hall–Kier alpha value is -3.32. The Morgan fingerprint density at radius 3 is 2.82 bits per heavy atom. The quantitative estimate of drug-likeness (QED) is 0.510. The fraction of sp³-hybridized carbons (Fsp3) is 0.150. The molecule has 0 saturated heterocycles. The molecule has 1 amide bonds. The van der Waals surface area contributed by atoms with E-state index in [4.69, 9.17) is 22.4 Å². The van der Waals surface area contributed by atoms with Gasteiger partial charge in [-0.25, -0.2) is 4.79 Å². The lowest BCUT2D eigenvalue weighted by Gasteiger charge is -2.12. The smallest absolute Gasteiger partial charge is 0.335 e. The van der Waals surface area contributed by atoms with Gasteiger partial charge in [-0.1, -0.05) is 23.7 Å². The highest BCUT2D eigenvalue weighted by molar-refractivity contribution is 6.30. The molecule has 0 fully saturated rings. The van der Waals surface area contributed by atoms with Crippen LogP contribution in [0.25, 0.3) is 0 Å². The first-order valence-corrected chi connectivity index (χ1v) is 8.97. The third-order valence-electron chi connectivity index (χ3n) is 4.24. The van der Waals surface area contributed by atoms with Crippen molar-refractivity contribution in [3.05, 3.63) is 70.3 Å². The van der Waals surface area contributed by atoms with Crippen molar-refractivity contribution in [2.45, 2.75) is 13.3 Å². The predicted octanol–water partition coefficient (Wildman–Crippen LogP) is 3.39. The number of carbonyl (C=O) groups excluding carboxylic acids is 1. The van der Waals surface area contributed by atoms with Gasteiger partial charge in [0.2, 0.25) is 0 Å². The average Bonchev–Trinajstić information content (AvgIpc) is 2.94. The highest BCUT2D eigenvalue weighted by atomic mass is 35.5. The molecule has 0 saturated carbocycles. The molecule has 0 aliphatic carbocycles. The van der Waals surface area contributed by atoms with Crippen LogP contribution in [0, 0.1) is 6.92 Å². The van der Waals surface area contributed by atoms with Crippen molar-refractivity contribution in [3.8, 4) is 0 Å². The molecule has 2 aromatic rings. The Morgan fingerprint density at radius 2 is 2.11 bits per heavy atom. The molecule has 7 nitrogen and oxygen atoms in total. The van der Waals surface area contributed by atoms with Crippen LogP contribution in [0.2, 0.25) is 5.02 Å². The zero-order chi connectivity index (χ0) is 20.3. The van der Waals surface area contributed by atoms with E-state index in [1.54, 1.807) is 18.2 Å². The molecular weight excluding hydrogens is 380 g/mol. The minimum Gasteiger partial charge on any atom is -0.478 e. The lowest BCUT2D eigenvalue weighted by Crippen LogP contribution is -2.22. The van der Waals surface area contributed by atoms with Gasteiger partial charge in [0.05, 0.1) is 16.8 Å². The Bertz CT molecular complexity index is 1000. The first-order chi connectivity index (χ1) is 13.4. The predicted molar refractivity (Wildman–Crippen MR) is 110 cm³/mol. The zero-order valence-corrected chi connectivity index (χ0v) is 15.9. The fourth-order valence-corrected chi connectivity index (χ4v) is 3.04. The van der Waals surface area contributed by atoms with Gasteiger partial charge in [0.25, 0.3) is 5.91 Å². The molecule has 0 atom stereocenters. The largest absolute Gasteiger partial charge is 0.478 e. The van der Waals surface area contributed by atoms with Gasteiger partial charge in [0.1, 0.15) is 0 Å². The summed E-state index contributed by atoms with van der Waals surface area (Å²) in [7, 11) is 0. The summed E-state index contributed by atoms with van der Waals surface area (Å²) in [4.78, 5) is 23.8. The number of anilines is 2. The van der Waals surface area contributed by atoms with Gasteiger partial charge in [-0.3, -0.25) is 4.79 Å². The van der Waals surface area contributed by atoms with E-state index in [1.165, 1.54) is 12.1 Å². The minimum atomic E-state index is -1.08. The van der Waals surface area contributed by atoms with Crippen LogP contribution in [0.1, 0.15) is 22.3 Å². The van der Waals surface area contributed by atoms with E-state index in [-0.39, 0.29) is 17.3 Å². The number of carboxylic acid groups (broad SMARTS) is 1. The molecule has 2 aromatic carbocycles. The van der Waals surface area contributed by atoms with Gasteiger partial charge in [0.15, 0.2) is 5.84 Å². The highest BCUT2D eigenvalue weighted by Crippen LogP contribution is 2.24. The van der Waals surface area contributed by atoms with Gasteiger partial charge in [-0.05, 0) is 55.3 Å². The van der Waals surface area contributed by atoms with Crippen molar-refractivity contribution in [2.24, 2.45) is 10.8 Å². The standard InChI is InChI=1S/C20H19ClN4O3/c1-12-10-14(21)7-8-17(12)23-9-3-6-16-18(22)24-25(19(16)26)15-5-2-4-13(11-15)20(27)28/h2,4-8,10-11,23H,3,9H2,1H3,(H2,22,24)(H,27,28)/b16-6-. The summed E-state index contributed by atoms with van der Waals surface area (Å²) in [6, 6.07) is 11.6. The third kappa shape index (κ3) is 4.15. The number of carbonyl (C=O) groups is 2. The van der Waals surface area contributed by atoms with Gasteiger partial charge >= 0.3 is 5.97 Å². The number of nitrogens with one attached hydrogen (secondary N) is 1. The maximum atomic E-state index is 12.6. The number of hydrogen-bond donors (Lipinski definition) is 3. The molecule has 1 aliphatic heterocycles. The molecule has 0 aromatic heterocycles. The number of amidine groups is 1. The molecule has 0 bridgehead atoms. The van der Waals surface area contributed by atoms with E-state index in [0.717, 1.165) is 16.3 Å². The minimum absolute atomic E-state index is 0.0686. The molecule has 4 N–H and O–H groups in total. The second kappa shape index (κ2) is 8.14. The number of benzene rings is 2. The van der Waals surface area contributed by atoms with Crippen LogP contribution in [0.4, 0.5) is 11.4 Å². The SMILES string of the molecule is Cc1cc(Cl)ccc1NCC/C=C1\C(=O)N(c2cccc(C(=O)O)c2)N=C1N. The first-order valence-electron chi connectivity index (χ1n) is 8.59. The molecular formula is C20H19ClN4O3. The van der Waals surface area contributed by atoms with Crippen LogP contribution in [-0.2, 0) is 4.79 Å². The normalized spacial score (nSPS) is 15.1. The molecule has 144 valence electrons. The van der Waals surface area contributed by atoms with Crippen molar-refractivity contribution in [3.63, 3.8) is 0 Å². The summed E-state index contributed by atoms with van der Waals surface area (Å²) < 4.78 is 0. The third-order valence-corrected chi connectivity index (χ3v) is 4.48. The van der Waals surface area contributed by atoms with Gasteiger partial charge in [0, 0.05) is 17.3 Å². The molecule has 1 heterocycles. The van der Waals surface area contributed by atoms with E-state index in [9.17, 15) is 9.59 Å². The molecule has 3 rings (SSSR count). The maximum Gasteiger partial charge on any atom is 0.335 e. The Kier molecular flexibility index (Phi) is 5.65. The van der Waals surface area contributed by atoms with Crippen LogP contribution in [0.15, 0.2) is 59.2 Å². The molecule has 28 heavy (non-hydrogen) atoms. The van der Waals surface area contributed by atoms with Crippen LogP contribution < -0.4 is 16.1 Å². The van der Waals surface area contributed by atoms with Crippen molar-refractivity contribution in [1.29, 1.82) is 0 Å². The van der Waals surface area contributed by atoms with Crippen molar-refractivity contribution in [1.82, 2.24) is 0 Å². The summed E-state index contributed by atoms with van der Waals surface area (Å²) in [5.74, 6) is -1.36. The number of hydrogen-bond acceptors (Lipinski definition) is 5. The van der Waals surface area contributed by atoms with Crippen molar-refractivity contribution >= 4 is 40.7 Å². The number of hydrazone groups is 1. The van der Waals surface area contributed by atoms with Crippen LogP contribution in [0.5, 0.6) is 0 Å². The molecule has 1 aliphatic rings. The van der Waals surface area contributed by atoms with E-state index in [1.807, 2.05) is 25.1 Å². The Balaban J connectivity index is 1.67. The summed E-state index contributed by atoms with van der Waals surface area (Å²) in [6.45, 7) is 2.56. The number of rotatable bonds is 6. The molecule has 0 spiro atoms. The van der Waals surface area contributed by atoms with Crippen molar-refractivity contribution in [2.75, 3.05) is 16.9 Å². The highest BCUT2D eigenvalue weighted by Gasteiger charge is 2.29. The summed E-state index contributed by atoms with van der Waals surface area (Å²) in [6.07, 6.45) is 2.28. The zero-order valence-electron chi connectivity index (χ0n) is 15.1. The number of nitrogens with two attached hydrogens (primary N) is 1. The van der Waals surface area contributed by atoms with E-state index in [2.05, 4.69) is 10.4 Å². The van der Waals surface area contributed by atoms with Crippen LogP contribution in [0.3, 0.4) is 0 Å². The Labute approximate surface area is 167 Å². The number of amides is 1. The second-order valence-electron chi connectivity index (χ2n) is 6.25. The van der Waals surface area contributed by atoms with Gasteiger partial charge < -0.3 is 16.2 Å². The summed E-state index contributed by atoms with van der Waals surface area (Å²) in [5.41, 5.74) is 8.62. The van der Waals surface area contributed by atoms with E-state index >= 15 is 0 Å². The number of nitrogens with zero attached hydrogens (tertiary/aromatic N) is 2. The molecule has 8 heteroatoms. The topological polar surface area (TPSA) is 108 Å². The van der Waals surface area contributed by atoms with Crippen LogP contribution >= 0.6 is 11.6 Å². The lowest BCUT2D eigenvalue weighted by molar-refractivity contribution is -0.114. The monoisotopic (exact) mass is 398 g/mol. The molecule has 0 radical (unpaired) electrons. The van der Waals surface area contributed by atoms with Gasteiger partial charge in [-0.15, -0.1) is 5.10 Å². The van der Waals surface area contributed by atoms with E-state index < -0.39 is 5.97 Å².